The third-order valence-electron chi connectivity index (χ3n) is 9.94. The van der Waals surface area contributed by atoms with Crippen LogP contribution in [0.25, 0.3) is 0 Å². The van der Waals surface area contributed by atoms with Gasteiger partial charge in [-0.25, -0.2) is 0 Å². The van der Waals surface area contributed by atoms with Crippen LogP contribution in [0.15, 0.2) is 30.3 Å². The lowest BCUT2D eigenvalue weighted by Crippen LogP contribution is -2.49. The average molecular weight is 378 g/mol. The van der Waals surface area contributed by atoms with Gasteiger partial charge < -0.3 is 5.32 Å². The van der Waals surface area contributed by atoms with Gasteiger partial charge in [0.1, 0.15) is 0 Å². The van der Waals surface area contributed by atoms with E-state index >= 15 is 0 Å². The Balaban J connectivity index is 1.29. The van der Waals surface area contributed by atoms with Crippen molar-refractivity contribution in [3.8, 4) is 0 Å². The molecule has 7 aliphatic rings. The fourth-order valence-corrected chi connectivity index (χ4v) is 9.01. The maximum absolute atomic E-state index is 13.9. The van der Waals surface area contributed by atoms with Crippen molar-refractivity contribution >= 4 is 5.91 Å². The minimum Gasteiger partial charge on any atom is -0.353 e. The van der Waals surface area contributed by atoms with Crippen molar-refractivity contribution in [2.45, 2.75) is 89.0 Å². The highest BCUT2D eigenvalue weighted by atomic mass is 16.2. The second-order valence-electron chi connectivity index (χ2n) is 11.6. The van der Waals surface area contributed by atoms with Gasteiger partial charge in [0.2, 0.25) is 5.91 Å². The van der Waals surface area contributed by atoms with Gasteiger partial charge in [-0.05, 0) is 79.1 Å². The molecule has 0 aliphatic heterocycles. The van der Waals surface area contributed by atoms with Crippen LogP contribution in [0.5, 0.6) is 0 Å². The fourth-order valence-electron chi connectivity index (χ4n) is 9.01. The highest BCUT2D eigenvalue weighted by Gasteiger charge is 2.72. The molecule has 0 saturated heterocycles. The first-order valence-corrected chi connectivity index (χ1v) is 11.9. The quantitative estimate of drug-likeness (QED) is 0.729. The summed E-state index contributed by atoms with van der Waals surface area (Å²) in [7, 11) is 0. The van der Waals surface area contributed by atoms with E-state index in [0.29, 0.717) is 11.9 Å². The number of carbonyl (C=O) groups excluding carboxylic acids is 1. The molecule has 7 fully saturated rings. The minimum atomic E-state index is -0.114. The highest BCUT2D eigenvalue weighted by molar-refractivity contribution is 5.85. The summed E-state index contributed by atoms with van der Waals surface area (Å²) >= 11 is 0. The Morgan fingerprint density at radius 1 is 0.893 bits per heavy atom. The molecule has 150 valence electrons. The van der Waals surface area contributed by atoms with E-state index in [1.165, 1.54) is 63.4 Å². The Morgan fingerprint density at radius 3 is 2.25 bits per heavy atom. The van der Waals surface area contributed by atoms with Crippen LogP contribution in [0.2, 0.25) is 0 Å². The molecule has 4 atom stereocenters. The van der Waals surface area contributed by atoms with Gasteiger partial charge in [-0.3, -0.25) is 4.79 Å². The molecule has 7 saturated carbocycles. The number of benzene rings is 1. The predicted molar refractivity (Wildman–Crippen MR) is 112 cm³/mol. The lowest BCUT2D eigenvalue weighted by atomic mass is 9.63. The second kappa shape index (κ2) is 5.86. The first-order chi connectivity index (χ1) is 13.5. The number of hydrogen-bond donors (Lipinski definition) is 1. The van der Waals surface area contributed by atoms with Crippen LogP contribution in [0, 0.1) is 28.6 Å². The van der Waals surface area contributed by atoms with Crippen molar-refractivity contribution in [1.82, 2.24) is 5.32 Å². The Bertz CT molecular complexity index is 767. The van der Waals surface area contributed by atoms with Crippen molar-refractivity contribution in [2.24, 2.45) is 28.6 Å². The van der Waals surface area contributed by atoms with Crippen molar-refractivity contribution in [3.05, 3.63) is 35.9 Å². The molecule has 1 aromatic rings. The molecule has 6 bridgehead atoms. The molecule has 4 unspecified atom stereocenters. The van der Waals surface area contributed by atoms with E-state index in [1.807, 2.05) is 0 Å². The molecule has 28 heavy (non-hydrogen) atoms. The van der Waals surface area contributed by atoms with Gasteiger partial charge in [-0.2, -0.15) is 0 Å². The van der Waals surface area contributed by atoms with Gasteiger partial charge in [-0.1, -0.05) is 62.9 Å². The molecule has 1 aromatic carbocycles. The molecule has 2 heteroatoms. The van der Waals surface area contributed by atoms with E-state index in [0.717, 1.165) is 30.6 Å². The van der Waals surface area contributed by atoms with Crippen LogP contribution in [0.3, 0.4) is 0 Å². The van der Waals surface area contributed by atoms with E-state index in [4.69, 9.17) is 0 Å². The molecule has 0 aromatic heterocycles. The molecule has 1 amide bonds. The number of rotatable bonds is 3. The standard InChI is InChI=1S/C26H35NO/c1-24-13-20-14-25(16-24,21-5-3-2-4-6-21)17-26(24,15-20)23(28)27-22-11-18-7-8-19(12-22)10-9-18/h2-6,18-20,22H,7-17H2,1H3,(H,27,28)/t18-,19-,20?,24?,25?,26?. The molecule has 8 rings (SSSR count). The molecular weight excluding hydrogens is 342 g/mol. The van der Waals surface area contributed by atoms with Gasteiger partial charge in [0.15, 0.2) is 0 Å². The summed E-state index contributed by atoms with van der Waals surface area (Å²) in [4.78, 5) is 13.9. The van der Waals surface area contributed by atoms with E-state index < -0.39 is 0 Å². The second-order valence-corrected chi connectivity index (χ2v) is 11.6. The molecule has 7 aliphatic carbocycles. The van der Waals surface area contributed by atoms with Crippen LogP contribution in [-0.2, 0) is 10.2 Å². The first-order valence-electron chi connectivity index (χ1n) is 11.9. The normalized spacial score (nSPS) is 48.6. The monoisotopic (exact) mass is 377 g/mol. The Morgan fingerprint density at radius 2 is 1.57 bits per heavy atom. The van der Waals surface area contributed by atoms with Crippen LogP contribution < -0.4 is 5.32 Å². The number of carbonyl (C=O) groups is 1. The summed E-state index contributed by atoms with van der Waals surface area (Å²) in [6, 6.07) is 11.6. The SMILES string of the molecule is CC12CC3CC(c4ccccc4)(C1)CC2(C(=O)NC1C[C@H]2CC[C@@H](CC2)C1)C3. The molecule has 0 heterocycles. The fraction of sp³-hybridized carbons (Fsp3) is 0.731. The maximum atomic E-state index is 13.9. The van der Waals surface area contributed by atoms with Crippen LogP contribution in [0.1, 0.15) is 83.1 Å². The largest absolute Gasteiger partial charge is 0.353 e. The molecule has 0 radical (unpaired) electrons. The lowest BCUT2D eigenvalue weighted by Gasteiger charge is -2.41. The zero-order valence-electron chi connectivity index (χ0n) is 17.4. The van der Waals surface area contributed by atoms with Gasteiger partial charge in [0.25, 0.3) is 0 Å². The Hall–Kier alpha value is -1.31. The predicted octanol–water partition coefficient (Wildman–Crippen LogP) is 5.61. The summed E-state index contributed by atoms with van der Waals surface area (Å²) in [6.07, 6.45) is 14.1. The molecule has 2 nitrogen and oxygen atoms in total. The van der Waals surface area contributed by atoms with Crippen molar-refractivity contribution in [1.29, 1.82) is 0 Å². The summed E-state index contributed by atoms with van der Waals surface area (Å²) in [6.45, 7) is 2.45. The van der Waals surface area contributed by atoms with Crippen molar-refractivity contribution in [2.75, 3.05) is 0 Å². The van der Waals surface area contributed by atoms with Crippen LogP contribution >= 0.6 is 0 Å². The van der Waals surface area contributed by atoms with Crippen molar-refractivity contribution in [3.63, 3.8) is 0 Å². The number of nitrogens with one attached hydrogen (secondary N) is 1. The summed E-state index contributed by atoms with van der Waals surface area (Å²) in [5.41, 5.74) is 1.82. The molecule has 1 N–H and O–H groups in total. The zero-order valence-corrected chi connectivity index (χ0v) is 17.4. The number of fused-ring (bicyclic) bond motifs is 4. The van der Waals surface area contributed by atoms with E-state index in [1.54, 1.807) is 0 Å². The third-order valence-corrected chi connectivity index (χ3v) is 9.94. The van der Waals surface area contributed by atoms with E-state index in [2.05, 4.69) is 42.6 Å². The maximum Gasteiger partial charge on any atom is 0.227 e. The number of amides is 1. The molecule has 0 spiro atoms. The van der Waals surface area contributed by atoms with Gasteiger partial charge in [0.05, 0.1) is 5.41 Å². The minimum absolute atomic E-state index is 0.114. The van der Waals surface area contributed by atoms with E-state index in [-0.39, 0.29) is 16.2 Å². The first kappa shape index (κ1) is 17.5. The highest BCUT2D eigenvalue weighted by Crippen LogP contribution is 2.76. The van der Waals surface area contributed by atoms with Gasteiger partial charge >= 0.3 is 0 Å². The van der Waals surface area contributed by atoms with E-state index in [9.17, 15) is 4.79 Å². The molecular formula is C26H35NO. The zero-order chi connectivity index (χ0) is 19.0. The van der Waals surface area contributed by atoms with Gasteiger partial charge in [-0.15, -0.1) is 0 Å². The average Bonchev–Trinajstić information content (AvgIpc) is 2.88. The summed E-state index contributed by atoms with van der Waals surface area (Å²) in [5.74, 6) is 2.90. The van der Waals surface area contributed by atoms with Crippen molar-refractivity contribution < 1.29 is 4.79 Å². The number of hydrogen-bond acceptors (Lipinski definition) is 1. The summed E-state index contributed by atoms with van der Waals surface area (Å²) < 4.78 is 0. The Labute approximate surface area is 169 Å². The third kappa shape index (κ3) is 2.36. The smallest absolute Gasteiger partial charge is 0.227 e. The van der Waals surface area contributed by atoms with Crippen LogP contribution in [-0.4, -0.2) is 11.9 Å². The van der Waals surface area contributed by atoms with Gasteiger partial charge in [0, 0.05) is 6.04 Å². The lowest BCUT2D eigenvalue weighted by molar-refractivity contribution is -0.136. The summed E-state index contributed by atoms with van der Waals surface area (Å²) in [5, 5.41) is 3.66. The Kier molecular flexibility index (Phi) is 3.67. The topological polar surface area (TPSA) is 29.1 Å². The van der Waals surface area contributed by atoms with Crippen LogP contribution in [0.4, 0.5) is 0 Å².